The third-order valence-corrected chi connectivity index (χ3v) is 8.72. The van der Waals surface area contributed by atoms with Crippen LogP contribution < -0.4 is 16.0 Å². The van der Waals surface area contributed by atoms with E-state index in [0.29, 0.717) is 11.8 Å². The van der Waals surface area contributed by atoms with Gasteiger partial charge in [-0.15, -0.1) is 0 Å². The molecule has 2 saturated carbocycles. The number of rotatable bonds is 9. The van der Waals surface area contributed by atoms with Gasteiger partial charge in [-0.1, -0.05) is 51.4 Å². The van der Waals surface area contributed by atoms with E-state index in [1.54, 1.807) is 0 Å². The molecule has 40 heteroatoms. The van der Waals surface area contributed by atoms with E-state index in [2.05, 4.69) is 29.8 Å². The summed E-state index contributed by atoms with van der Waals surface area (Å²) in [7, 11) is 10.8. The van der Waals surface area contributed by atoms with Gasteiger partial charge < -0.3 is 105 Å². The Morgan fingerprint density at radius 2 is 0.619 bits per heavy atom. The zero-order valence-electron chi connectivity index (χ0n) is 44.9. The number of carboxylic acids is 6. The molecule has 2 aliphatic carbocycles. The Bertz CT molecular complexity index is 1830. The van der Waals surface area contributed by atoms with Gasteiger partial charge in [0.1, 0.15) is 0 Å². The number of carbonyl (C=O) groups is 15. The van der Waals surface area contributed by atoms with Crippen LogP contribution in [0.5, 0.6) is 0 Å². The zero-order valence-corrected chi connectivity index (χ0v) is 53.2. The van der Waals surface area contributed by atoms with Crippen molar-refractivity contribution in [1.29, 1.82) is 0 Å². The van der Waals surface area contributed by atoms with E-state index in [1.165, 1.54) is 38.5 Å². The molecule has 3 aliphatic heterocycles. The van der Waals surface area contributed by atoms with Gasteiger partial charge in [0.2, 0.25) is 0 Å². The first-order valence-electron chi connectivity index (χ1n) is 22.3. The monoisotopic (exact) mass is 1790 g/mol. The molecule has 0 aromatic heterocycles. The molecule has 2 fully saturated rings. The number of aliphatic hydroxyl groups excluding tert-OH is 1. The van der Waals surface area contributed by atoms with Crippen molar-refractivity contribution in [3.05, 3.63) is 74.1 Å². The smallest absolute Gasteiger partial charge is 0.693 e. The molecule has 0 bridgehead atoms. The quantitative estimate of drug-likeness (QED) is 0.0894. The SMILES string of the molecule is CC(=O)O.CC(=O)O.CO.O=C(O)C(=O)O.O=C(O)C(=O)O.O=C(O)NCCN1C(=O)C=CC1=O.O=C(O)NCCN1C(=O)C=CC1=O.O=C(O)NCCN1C(=O)C=CC1=O.[CH2-][C@@H]1CCCC[C@H]1[NH-].[CH2-][C@@H]1CCCC[C@H]1[NH-].[Cl][Pt+2][Cl].[NH2-].[NH2-].[Pt+2].[Pt+2]. The van der Waals surface area contributed by atoms with Gasteiger partial charge in [-0.05, 0) is 0 Å². The first kappa shape index (κ1) is 99.7. The molecule has 0 unspecified atom stereocenters. The Hall–Kier alpha value is -6.29. The number of carboxylic acid groups (broad SMARTS) is 9. The van der Waals surface area contributed by atoms with Crippen LogP contribution in [0.2, 0.25) is 0 Å². The second-order valence-corrected chi connectivity index (χ2v) is 18.1. The van der Waals surface area contributed by atoms with Crippen molar-refractivity contribution < 1.29 is 182 Å². The van der Waals surface area contributed by atoms with Crippen LogP contribution in [-0.4, -0.2) is 214 Å². The molecule has 0 aromatic carbocycles. The largest absolute Gasteiger partial charge is 2.00 e. The summed E-state index contributed by atoms with van der Waals surface area (Å²) in [4.78, 5) is 153. The fraction of sp³-hybridized carbons (Fsp3) is 0.477. The van der Waals surface area contributed by atoms with Gasteiger partial charge in [-0.2, -0.15) is 23.9 Å². The number of hydrogen-bond donors (Lipinski definition) is 13. The molecule has 490 valence electrons. The van der Waals surface area contributed by atoms with Crippen LogP contribution in [0.25, 0.3) is 23.8 Å². The predicted molar refractivity (Wildman–Crippen MR) is 284 cm³/mol. The van der Waals surface area contributed by atoms with Crippen LogP contribution in [0.1, 0.15) is 65.2 Å². The first-order chi connectivity index (χ1) is 37.1. The predicted octanol–water partition coefficient (Wildman–Crippen LogP) is 3.31. The minimum absolute atomic E-state index is 0. The normalized spacial score (nSPS) is 16.6. The average Bonchev–Trinajstić information content (AvgIpc) is 3.98. The summed E-state index contributed by atoms with van der Waals surface area (Å²) in [6.45, 7) is 10.3. The van der Waals surface area contributed by atoms with Crippen molar-refractivity contribution in [1.82, 2.24) is 30.7 Å². The van der Waals surface area contributed by atoms with Gasteiger partial charge in [0.15, 0.2) is 0 Å². The van der Waals surface area contributed by atoms with Crippen LogP contribution in [0.15, 0.2) is 36.5 Å². The number of nitrogens with zero attached hydrogens (tertiary/aromatic N) is 3. The van der Waals surface area contributed by atoms with E-state index in [9.17, 15) is 43.2 Å². The van der Waals surface area contributed by atoms with Gasteiger partial charge in [0, 0.05) is 96.7 Å². The van der Waals surface area contributed by atoms with Gasteiger partial charge in [0.05, 0.1) is 0 Å². The number of nitrogens with one attached hydrogen (secondary N) is 5. The molecule has 0 radical (unpaired) electrons. The molecule has 19 N–H and O–H groups in total. The Labute approximate surface area is 527 Å². The van der Waals surface area contributed by atoms with Crippen molar-refractivity contribution in [2.45, 2.75) is 77.3 Å². The fourth-order valence-corrected chi connectivity index (χ4v) is 5.19. The van der Waals surface area contributed by atoms with Crippen molar-refractivity contribution in [3.8, 4) is 0 Å². The number of amides is 9. The maximum atomic E-state index is 10.9. The standard InChI is InChI=1S/3C7H8N2O4.2C7H13N.2C2H2O4.2C2H4O2.CH4O.2ClH.2H2N.3Pt/c3*10-5-1-2-6(11)9(5)4-3-8-7(12)13;2*1-6-4-2-3-5-7(6)8;2*3-1(4)2(5)6;2*1-2(3)4;1-2;;;;;;;/h3*1-2,8H,3-4H2,(H,12,13);2*6-8H,1-5H2;2*(H,3,4)(H,5,6);2*1H3,(H,3,4);2H,1H3;2*1H;2*1H2;;;/q;;;2*-2;;;;;;;;2*-1;2*+2;+4/p-2/t;;;2*6-,7-;;;;;;;;;;;;/m...11............/s1. The molecule has 3 heterocycles. The van der Waals surface area contributed by atoms with E-state index >= 15 is 0 Å². The Morgan fingerprint density at radius 1 is 0.464 bits per heavy atom. The van der Waals surface area contributed by atoms with E-state index in [0.717, 1.165) is 85.0 Å². The number of halogens is 2. The third kappa shape index (κ3) is 64.9. The second-order valence-electron chi connectivity index (χ2n) is 14.8. The number of carbonyl (C=O) groups excluding carboxylic acids is 6. The van der Waals surface area contributed by atoms with E-state index < -0.39 is 106 Å². The Morgan fingerprint density at radius 3 is 0.726 bits per heavy atom. The molecular formula is C44H70Cl2N10O25Pt3. The molecule has 35 nitrogen and oxygen atoms in total. The molecule has 4 atom stereocenters. The maximum absolute atomic E-state index is 10.9. The van der Waals surface area contributed by atoms with Gasteiger partial charge >= 0.3 is 120 Å². The number of imide groups is 3. The van der Waals surface area contributed by atoms with Crippen LogP contribution in [0.3, 0.4) is 0 Å². The van der Waals surface area contributed by atoms with Crippen molar-refractivity contribution in [2.75, 3.05) is 46.4 Å². The number of nitrogens with two attached hydrogens (primary N) is 2. The van der Waals surface area contributed by atoms with Crippen LogP contribution in [0, 0.1) is 25.7 Å². The van der Waals surface area contributed by atoms with Crippen LogP contribution in [0.4, 0.5) is 14.4 Å². The average molecular weight is 1800 g/mol. The number of aliphatic carboxylic acids is 6. The van der Waals surface area contributed by atoms with Gasteiger partial charge in [0.25, 0.3) is 47.4 Å². The summed E-state index contributed by atoms with van der Waals surface area (Å²) in [5.41, 5.74) is 14.8. The fourth-order valence-electron chi connectivity index (χ4n) is 5.19. The van der Waals surface area contributed by atoms with Crippen molar-refractivity contribution in [2.24, 2.45) is 11.8 Å². The third-order valence-electron chi connectivity index (χ3n) is 8.72. The minimum atomic E-state index is -1.82. The first-order valence-corrected chi connectivity index (χ1v) is 27.9. The molecule has 5 aliphatic rings. The second kappa shape index (κ2) is 62.8. The molecule has 5 rings (SSSR count). The van der Waals surface area contributed by atoms with Crippen LogP contribution in [-0.2, 0) is 116 Å². The van der Waals surface area contributed by atoms with E-state index in [-0.39, 0.29) is 106 Å². The molecular weight excluding hydrogens is 1720 g/mol. The summed E-state index contributed by atoms with van der Waals surface area (Å²) in [6, 6.07) is 0.285. The maximum Gasteiger partial charge on any atom is 2.00 e. The summed E-state index contributed by atoms with van der Waals surface area (Å²) in [6.07, 6.45) is 13.0. The Kier molecular flexibility index (Phi) is 74.5. The number of aliphatic hydroxyl groups is 1. The Balaban J connectivity index is -0.0000000925. The minimum Gasteiger partial charge on any atom is -0.693 e. The molecule has 0 aromatic rings. The van der Waals surface area contributed by atoms with Gasteiger partial charge in [-0.25, -0.2) is 33.6 Å². The van der Waals surface area contributed by atoms with Gasteiger partial charge in [-0.3, -0.25) is 53.1 Å². The van der Waals surface area contributed by atoms with E-state index in [1.807, 2.05) is 0 Å². The van der Waals surface area contributed by atoms with Crippen LogP contribution >= 0.6 is 18.8 Å². The molecule has 0 saturated heterocycles. The molecule has 9 amide bonds. The zero-order chi connectivity index (χ0) is 63.7. The number of hydrogen-bond acceptors (Lipinski definition) is 16. The van der Waals surface area contributed by atoms with Crippen molar-refractivity contribution in [3.63, 3.8) is 0 Å². The summed E-state index contributed by atoms with van der Waals surface area (Å²) >= 11 is -0.472. The topological polar surface area (TPSA) is 619 Å². The molecule has 84 heavy (non-hydrogen) atoms. The molecule has 0 spiro atoms. The van der Waals surface area contributed by atoms with E-state index in [4.69, 9.17) is 110 Å². The summed E-state index contributed by atoms with van der Waals surface area (Å²) < 4.78 is 0. The summed E-state index contributed by atoms with van der Waals surface area (Å²) in [5, 5.41) is 82.2. The van der Waals surface area contributed by atoms with Crippen molar-refractivity contribution >= 4 is 108 Å². The summed E-state index contributed by atoms with van der Waals surface area (Å²) in [5.74, 6) is -10.6.